The van der Waals surface area contributed by atoms with Crippen LogP contribution in [0.5, 0.6) is 0 Å². The van der Waals surface area contributed by atoms with Crippen molar-refractivity contribution >= 4 is 11.8 Å². The molecule has 2 amide bonds. The number of imide groups is 1. The molecule has 2 aliphatic heterocycles. The fourth-order valence-electron chi connectivity index (χ4n) is 2.00. The Morgan fingerprint density at radius 3 is 2.33 bits per heavy atom. The summed E-state index contributed by atoms with van der Waals surface area (Å²) in [4.78, 5) is 22.4. The first-order chi connectivity index (χ1) is 8.45. The van der Waals surface area contributed by atoms with E-state index in [4.69, 9.17) is 9.84 Å². The molecule has 1 unspecified atom stereocenters. The van der Waals surface area contributed by atoms with E-state index in [0.29, 0.717) is 0 Å². The SMILES string of the molecule is O=C1C=C(C2O[C@H](CO)[C@@H](O)[C@H](O)[C@H]2O)C(=O)N1. The second-order valence-corrected chi connectivity index (χ2v) is 4.17. The highest BCUT2D eigenvalue weighted by Gasteiger charge is 2.47. The van der Waals surface area contributed by atoms with Crippen LogP contribution in [0.25, 0.3) is 0 Å². The van der Waals surface area contributed by atoms with E-state index in [-0.39, 0.29) is 5.57 Å². The van der Waals surface area contributed by atoms with Crippen molar-refractivity contribution in [3.63, 3.8) is 0 Å². The lowest BCUT2D eigenvalue weighted by Crippen LogP contribution is -2.59. The quantitative estimate of drug-likeness (QED) is 0.323. The molecule has 5 atom stereocenters. The summed E-state index contributed by atoms with van der Waals surface area (Å²) >= 11 is 0. The number of ether oxygens (including phenoxy) is 1. The summed E-state index contributed by atoms with van der Waals surface area (Å²) in [6.07, 6.45) is -6.07. The second kappa shape index (κ2) is 4.75. The summed E-state index contributed by atoms with van der Waals surface area (Å²) in [5.41, 5.74) is -0.142. The molecule has 2 rings (SSSR count). The number of carbonyl (C=O) groups excluding carboxylic acids is 2. The molecule has 0 aromatic carbocycles. The Morgan fingerprint density at radius 2 is 1.83 bits per heavy atom. The zero-order valence-corrected chi connectivity index (χ0v) is 9.18. The minimum atomic E-state index is -1.58. The molecule has 0 bridgehead atoms. The van der Waals surface area contributed by atoms with E-state index in [1.807, 2.05) is 5.32 Å². The summed E-state index contributed by atoms with van der Waals surface area (Å²) in [5, 5.41) is 39.8. The molecule has 2 aliphatic rings. The van der Waals surface area contributed by atoms with Gasteiger partial charge in [-0.2, -0.15) is 0 Å². The summed E-state index contributed by atoms with van der Waals surface area (Å²) < 4.78 is 5.14. The van der Waals surface area contributed by atoms with Crippen LogP contribution >= 0.6 is 0 Å². The average molecular weight is 259 g/mol. The van der Waals surface area contributed by atoms with Gasteiger partial charge in [0.2, 0.25) is 0 Å². The predicted octanol–water partition coefficient (Wildman–Crippen LogP) is -3.59. The number of aliphatic hydroxyl groups excluding tert-OH is 4. The number of nitrogens with one attached hydrogen (secondary N) is 1. The summed E-state index contributed by atoms with van der Waals surface area (Å²) in [5.74, 6) is -1.38. The first kappa shape index (κ1) is 13.1. The first-order valence-electron chi connectivity index (χ1n) is 5.33. The van der Waals surface area contributed by atoms with Crippen molar-refractivity contribution in [3.8, 4) is 0 Å². The number of amides is 2. The van der Waals surface area contributed by atoms with E-state index < -0.39 is 48.9 Å². The number of carbonyl (C=O) groups is 2. The molecule has 8 nitrogen and oxygen atoms in total. The van der Waals surface area contributed by atoms with Crippen molar-refractivity contribution < 1.29 is 34.8 Å². The Bertz CT molecular complexity index is 405. The van der Waals surface area contributed by atoms with E-state index in [9.17, 15) is 24.9 Å². The molecule has 0 aliphatic carbocycles. The molecular weight excluding hydrogens is 246 g/mol. The van der Waals surface area contributed by atoms with Crippen molar-refractivity contribution in [2.75, 3.05) is 6.61 Å². The third-order valence-corrected chi connectivity index (χ3v) is 2.98. The molecule has 0 aromatic heterocycles. The third kappa shape index (κ3) is 2.04. The largest absolute Gasteiger partial charge is 0.394 e. The van der Waals surface area contributed by atoms with Gasteiger partial charge in [-0.05, 0) is 0 Å². The molecule has 2 heterocycles. The van der Waals surface area contributed by atoms with E-state index in [1.54, 1.807) is 0 Å². The van der Waals surface area contributed by atoms with Gasteiger partial charge in [0.25, 0.3) is 11.8 Å². The summed E-state index contributed by atoms with van der Waals surface area (Å²) in [6.45, 7) is -0.593. The summed E-state index contributed by atoms with van der Waals surface area (Å²) in [6, 6.07) is 0. The highest BCUT2D eigenvalue weighted by molar-refractivity contribution is 6.16. The van der Waals surface area contributed by atoms with Gasteiger partial charge in [0.15, 0.2) is 0 Å². The number of rotatable bonds is 2. The minimum absolute atomic E-state index is 0.142. The maximum Gasteiger partial charge on any atom is 0.256 e. The number of hydrogen-bond donors (Lipinski definition) is 5. The topological polar surface area (TPSA) is 136 Å². The van der Waals surface area contributed by atoms with Gasteiger partial charge in [0.1, 0.15) is 30.5 Å². The van der Waals surface area contributed by atoms with Gasteiger partial charge < -0.3 is 25.2 Å². The van der Waals surface area contributed by atoms with Gasteiger partial charge in [0.05, 0.1) is 12.2 Å². The molecule has 100 valence electrons. The molecule has 0 radical (unpaired) electrons. The third-order valence-electron chi connectivity index (χ3n) is 2.98. The number of aliphatic hydroxyl groups is 4. The molecule has 8 heteroatoms. The monoisotopic (exact) mass is 259 g/mol. The van der Waals surface area contributed by atoms with E-state index in [0.717, 1.165) is 6.08 Å². The van der Waals surface area contributed by atoms with Crippen molar-refractivity contribution in [2.24, 2.45) is 0 Å². The molecule has 0 aromatic rings. The zero-order chi connectivity index (χ0) is 13.4. The Morgan fingerprint density at radius 1 is 1.17 bits per heavy atom. The van der Waals surface area contributed by atoms with Gasteiger partial charge in [-0.1, -0.05) is 0 Å². The molecule has 0 saturated carbocycles. The second-order valence-electron chi connectivity index (χ2n) is 4.17. The van der Waals surface area contributed by atoms with Crippen LogP contribution in [-0.2, 0) is 14.3 Å². The lowest BCUT2D eigenvalue weighted by molar-refractivity contribution is -0.219. The maximum atomic E-state index is 11.4. The zero-order valence-electron chi connectivity index (χ0n) is 9.18. The van der Waals surface area contributed by atoms with Crippen LogP contribution in [0.2, 0.25) is 0 Å². The van der Waals surface area contributed by atoms with Crippen LogP contribution < -0.4 is 5.32 Å². The predicted molar refractivity (Wildman–Crippen MR) is 55.0 cm³/mol. The molecule has 1 fully saturated rings. The Hall–Kier alpha value is -1.32. The average Bonchev–Trinajstić information content (AvgIpc) is 2.66. The van der Waals surface area contributed by atoms with Crippen LogP contribution in [0.4, 0.5) is 0 Å². The van der Waals surface area contributed by atoms with Crippen molar-refractivity contribution in [1.29, 1.82) is 0 Å². The smallest absolute Gasteiger partial charge is 0.256 e. The highest BCUT2D eigenvalue weighted by atomic mass is 16.5. The normalized spacial score (nSPS) is 40.7. The highest BCUT2D eigenvalue weighted by Crippen LogP contribution is 2.27. The van der Waals surface area contributed by atoms with Crippen LogP contribution in [0.1, 0.15) is 0 Å². The van der Waals surface area contributed by atoms with Crippen molar-refractivity contribution in [1.82, 2.24) is 5.32 Å². The standard InChI is InChI=1S/C10H13NO7/c12-2-4-6(14)7(15)8(16)9(18-4)3-1-5(13)11-10(3)17/h1,4,6-9,12,14-16H,2H2,(H,11,13,17)/t4-,6-,7+,8-,9?/m1/s1. The molecule has 18 heavy (non-hydrogen) atoms. The van der Waals surface area contributed by atoms with Crippen LogP contribution in [0, 0.1) is 0 Å². The van der Waals surface area contributed by atoms with Crippen LogP contribution in [-0.4, -0.2) is 69.4 Å². The minimum Gasteiger partial charge on any atom is -0.394 e. The molecular formula is C10H13NO7. The lowest BCUT2D eigenvalue weighted by atomic mass is 9.91. The van der Waals surface area contributed by atoms with Crippen LogP contribution in [0.15, 0.2) is 11.6 Å². The van der Waals surface area contributed by atoms with Gasteiger partial charge in [0, 0.05) is 6.08 Å². The van der Waals surface area contributed by atoms with E-state index in [1.165, 1.54) is 0 Å². The Labute approximate surface area is 101 Å². The van der Waals surface area contributed by atoms with E-state index >= 15 is 0 Å². The first-order valence-corrected chi connectivity index (χ1v) is 5.33. The fourth-order valence-corrected chi connectivity index (χ4v) is 2.00. The van der Waals surface area contributed by atoms with Gasteiger partial charge in [-0.25, -0.2) is 0 Å². The Kier molecular flexibility index (Phi) is 3.46. The number of hydrogen-bond acceptors (Lipinski definition) is 7. The molecule has 0 spiro atoms. The van der Waals surface area contributed by atoms with Crippen LogP contribution in [0.3, 0.4) is 0 Å². The fraction of sp³-hybridized carbons (Fsp3) is 0.600. The van der Waals surface area contributed by atoms with Crippen molar-refractivity contribution in [3.05, 3.63) is 11.6 Å². The van der Waals surface area contributed by atoms with Crippen molar-refractivity contribution in [2.45, 2.75) is 30.5 Å². The summed E-state index contributed by atoms with van der Waals surface area (Å²) in [7, 11) is 0. The van der Waals surface area contributed by atoms with E-state index in [2.05, 4.69) is 0 Å². The molecule has 5 N–H and O–H groups in total. The van der Waals surface area contributed by atoms with Gasteiger partial charge >= 0.3 is 0 Å². The maximum absolute atomic E-state index is 11.4. The molecule has 1 saturated heterocycles. The van der Waals surface area contributed by atoms with Gasteiger partial charge in [-0.15, -0.1) is 0 Å². The Balaban J connectivity index is 2.25. The lowest BCUT2D eigenvalue weighted by Gasteiger charge is -2.40. The van der Waals surface area contributed by atoms with Gasteiger partial charge in [-0.3, -0.25) is 14.9 Å².